The zero-order chi connectivity index (χ0) is 18.9. The molecule has 0 aliphatic carbocycles. The lowest BCUT2D eigenvalue weighted by Gasteiger charge is -2.14. The minimum Gasteiger partial charge on any atom is -0.492 e. The molecule has 1 N–H and O–H groups in total. The highest BCUT2D eigenvalue weighted by molar-refractivity contribution is 6.06. The summed E-state index contributed by atoms with van der Waals surface area (Å²) in [5.41, 5.74) is 0.0153. The van der Waals surface area contributed by atoms with Crippen LogP contribution in [0.15, 0.2) is 35.0 Å². The van der Waals surface area contributed by atoms with Crippen LogP contribution in [0.1, 0.15) is 28.5 Å². The molecule has 2 heterocycles. The predicted molar refractivity (Wildman–Crippen MR) is 87.1 cm³/mol. The van der Waals surface area contributed by atoms with Gasteiger partial charge < -0.3 is 14.6 Å². The van der Waals surface area contributed by atoms with Gasteiger partial charge in [-0.3, -0.25) is 4.79 Å². The van der Waals surface area contributed by atoms with E-state index in [1.54, 1.807) is 13.8 Å². The van der Waals surface area contributed by atoms with E-state index in [0.29, 0.717) is 11.1 Å². The molecule has 0 bridgehead atoms. The number of ether oxygens (including phenoxy) is 1. The van der Waals surface area contributed by atoms with Crippen LogP contribution in [0.3, 0.4) is 0 Å². The molecule has 0 unspecified atom stereocenters. The van der Waals surface area contributed by atoms with Crippen molar-refractivity contribution in [2.45, 2.75) is 20.0 Å². The number of aromatic nitrogens is 2. The van der Waals surface area contributed by atoms with Gasteiger partial charge in [0.15, 0.2) is 0 Å². The topological polar surface area (TPSA) is 77.2 Å². The van der Waals surface area contributed by atoms with E-state index in [2.05, 4.69) is 15.5 Å². The number of alkyl halides is 3. The summed E-state index contributed by atoms with van der Waals surface area (Å²) in [7, 11) is 0. The average molecular weight is 365 g/mol. The molecule has 0 saturated heterocycles. The summed E-state index contributed by atoms with van der Waals surface area (Å²) in [6, 6.07) is 4.42. The highest BCUT2D eigenvalue weighted by atomic mass is 19.4. The number of hydrogen-bond acceptors (Lipinski definition) is 5. The first-order valence-electron chi connectivity index (χ1n) is 7.67. The third-order valence-corrected chi connectivity index (χ3v) is 3.63. The molecule has 0 aliphatic heterocycles. The van der Waals surface area contributed by atoms with Crippen LogP contribution in [0.25, 0.3) is 11.1 Å². The Morgan fingerprint density at radius 3 is 2.77 bits per heavy atom. The van der Waals surface area contributed by atoms with Crippen molar-refractivity contribution in [2.24, 2.45) is 0 Å². The Morgan fingerprint density at radius 1 is 1.31 bits per heavy atom. The molecule has 0 fully saturated rings. The monoisotopic (exact) mass is 365 g/mol. The Kier molecular flexibility index (Phi) is 4.54. The zero-order valence-corrected chi connectivity index (χ0v) is 13.8. The molecule has 26 heavy (non-hydrogen) atoms. The molecule has 0 spiro atoms. The molecule has 0 atom stereocenters. The summed E-state index contributed by atoms with van der Waals surface area (Å²) in [4.78, 5) is 16.4. The van der Waals surface area contributed by atoms with E-state index in [0.717, 1.165) is 12.1 Å². The maximum atomic E-state index is 12.9. The van der Waals surface area contributed by atoms with Gasteiger partial charge in [0.05, 0.1) is 34.5 Å². The Balaban J connectivity index is 1.94. The normalized spacial score (nSPS) is 11.6. The van der Waals surface area contributed by atoms with Crippen molar-refractivity contribution in [1.82, 2.24) is 10.1 Å². The molecule has 6 nitrogen and oxygen atoms in total. The van der Waals surface area contributed by atoms with E-state index in [9.17, 15) is 18.0 Å². The van der Waals surface area contributed by atoms with Crippen LogP contribution < -0.4 is 10.1 Å². The van der Waals surface area contributed by atoms with Crippen LogP contribution in [0.4, 0.5) is 18.9 Å². The molecule has 2 aromatic heterocycles. The standard InChI is InChI=1S/C17H14F3N3O3/c1-3-25-14-5-4-11(17(18,19)20)7-13(14)22-15(24)10-6-12-9(2)23-26-16(12)21-8-10/h4-8H,3H2,1-2H3,(H,22,24). The van der Waals surface area contributed by atoms with Crippen LogP contribution in [0.2, 0.25) is 0 Å². The van der Waals surface area contributed by atoms with Gasteiger partial charge in [0, 0.05) is 6.20 Å². The van der Waals surface area contributed by atoms with Crippen LogP contribution in [0, 0.1) is 6.92 Å². The molecule has 9 heteroatoms. The summed E-state index contributed by atoms with van der Waals surface area (Å²) in [6.07, 6.45) is -3.28. The van der Waals surface area contributed by atoms with E-state index in [4.69, 9.17) is 9.26 Å². The van der Waals surface area contributed by atoms with Gasteiger partial charge in [-0.1, -0.05) is 5.16 Å². The average Bonchev–Trinajstić information content (AvgIpc) is 2.96. The Hall–Kier alpha value is -3.10. The van der Waals surface area contributed by atoms with Crippen molar-refractivity contribution in [3.05, 3.63) is 47.3 Å². The molecule has 136 valence electrons. The largest absolute Gasteiger partial charge is 0.492 e. The summed E-state index contributed by atoms with van der Waals surface area (Å²) in [5.74, 6) is -0.482. The van der Waals surface area contributed by atoms with E-state index >= 15 is 0 Å². The number of amides is 1. The Bertz CT molecular complexity index is 967. The van der Waals surface area contributed by atoms with Gasteiger partial charge in [-0.25, -0.2) is 4.98 Å². The maximum absolute atomic E-state index is 12.9. The number of nitrogens with one attached hydrogen (secondary N) is 1. The number of carbonyl (C=O) groups excluding carboxylic acids is 1. The molecular formula is C17H14F3N3O3. The van der Waals surface area contributed by atoms with Crippen LogP contribution >= 0.6 is 0 Å². The SMILES string of the molecule is CCOc1ccc(C(F)(F)F)cc1NC(=O)c1cnc2onc(C)c2c1. The fourth-order valence-electron chi connectivity index (χ4n) is 2.35. The number of pyridine rings is 1. The number of aryl methyl sites for hydroxylation is 1. The molecular weight excluding hydrogens is 351 g/mol. The minimum atomic E-state index is -4.54. The van der Waals surface area contributed by atoms with Gasteiger partial charge in [0.25, 0.3) is 11.6 Å². The quantitative estimate of drug-likeness (QED) is 0.750. The number of benzene rings is 1. The van der Waals surface area contributed by atoms with Crippen molar-refractivity contribution < 1.29 is 27.2 Å². The zero-order valence-electron chi connectivity index (χ0n) is 13.8. The van der Waals surface area contributed by atoms with Crippen molar-refractivity contribution in [2.75, 3.05) is 11.9 Å². The first-order valence-corrected chi connectivity index (χ1v) is 7.67. The number of anilines is 1. The van der Waals surface area contributed by atoms with Crippen molar-refractivity contribution in [1.29, 1.82) is 0 Å². The number of nitrogens with zero attached hydrogens (tertiary/aromatic N) is 2. The summed E-state index contributed by atoms with van der Waals surface area (Å²) in [5, 5.41) is 6.74. The molecule has 0 aliphatic rings. The van der Waals surface area contributed by atoms with Crippen LogP contribution in [-0.2, 0) is 6.18 Å². The fourth-order valence-corrected chi connectivity index (χ4v) is 2.35. The Labute approximate surface area is 146 Å². The van der Waals surface area contributed by atoms with E-state index in [1.165, 1.54) is 18.3 Å². The summed E-state index contributed by atoms with van der Waals surface area (Å²) >= 11 is 0. The predicted octanol–water partition coefficient (Wildman–Crippen LogP) is 4.20. The minimum absolute atomic E-state index is 0.0752. The molecule has 0 saturated carbocycles. The number of rotatable bonds is 4. The van der Waals surface area contributed by atoms with Gasteiger partial charge in [0.1, 0.15) is 5.75 Å². The third kappa shape index (κ3) is 3.46. The smallest absolute Gasteiger partial charge is 0.416 e. The van der Waals surface area contributed by atoms with Gasteiger partial charge in [0.2, 0.25) is 0 Å². The van der Waals surface area contributed by atoms with Gasteiger partial charge >= 0.3 is 6.18 Å². The van der Waals surface area contributed by atoms with Crippen molar-refractivity contribution in [3.63, 3.8) is 0 Å². The van der Waals surface area contributed by atoms with Gasteiger partial charge in [-0.2, -0.15) is 13.2 Å². The number of carbonyl (C=O) groups is 1. The lowest BCUT2D eigenvalue weighted by Crippen LogP contribution is -2.14. The van der Waals surface area contributed by atoms with Gasteiger partial charge in [-0.15, -0.1) is 0 Å². The summed E-state index contributed by atoms with van der Waals surface area (Å²) in [6.45, 7) is 3.62. The van der Waals surface area contributed by atoms with Crippen molar-refractivity contribution >= 4 is 22.7 Å². The lowest BCUT2D eigenvalue weighted by molar-refractivity contribution is -0.137. The fraction of sp³-hybridized carbons (Fsp3) is 0.235. The Morgan fingerprint density at radius 2 is 2.08 bits per heavy atom. The van der Waals surface area contributed by atoms with Crippen molar-refractivity contribution in [3.8, 4) is 5.75 Å². The molecule has 1 amide bonds. The molecule has 1 aromatic carbocycles. The van der Waals surface area contributed by atoms with E-state index in [-0.39, 0.29) is 29.3 Å². The molecule has 3 rings (SSSR count). The second-order valence-corrected chi connectivity index (χ2v) is 5.44. The lowest BCUT2D eigenvalue weighted by atomic mass is 10.1. The second-order valence-electron chi connectivity index (χ2n) is 5.44. The molecule has 3 aromatic rings. The highest BCUT2D eigenvalue weighted by Crippen LogP contribution is 2.35. The molecule has 0 radical (unpaired) electrons. The van der Waals surface area contributed by atoms with Crippen LogP contribution in [0.5, 0.6) is 5.75 Å². The van der Waals surface area contributed by atoms with E-state index < -0.39 is 17.6 Å². The maximum Gasteiger partial charge on any atom is 0.416 e. The second kappa shape index (κ2) is 6.66. The number of hydrogen-bond donors (Lipinski definition) is 1. The highest BCUT2D eigenvalue weighted by Gasteiger charge is 2.31. The third-order valence-electron chi connectivity index (χ3n) is 3.63. The van der Waals surface area contributed by atoms with E-state index in [1.807, 2.05) is 0 Å². The summed E-state index contributed by atoms with van der Waals surface area (Å²) < 4.78 is 49.1. The van der Waals surface area contributed by atoms with Crippen LogP contribution in [-0.4, -0.2) is 22.7 Å². The first-order chi connectivity index (χ1) is 12.3. The van der Waals surface area contributed by atoms with Gasteiger partial charge in [-0.05, 0) is 38.1 Å². The number of halogens is 3. The first kappa shape index (κ1) is 17.7. The number of fused-ring (bicyclic) bond motifs is 1.